The fraction of sp³-hybridized carbons (Fsp3) is 0.692. The van der Waals surface area contributed by atoms with Crippen LogP contribution >= 0.6 is 0 Å². The first-order chi connectivity index (χ1) is 9.54. The van der Waals surface area contributed by atoms with Crippen molar-refractivity contribution >= 4 is 11.9 Å². The predicted molar refractivity (Wildman–Crippen MR) is 73.0 cm³/mol. The van der Waals surface area contributed by atoms with Crippen molar-refractivity contribution in [3.05, 3.63) is 11.6 Å². The van der Waals surface area contributed by atoms with Gasteiger partial charge in [0.05, 0.1) is 0 Å². The van der Waals surface area contributed by atoms with Gasteiger partial charge in [0.15, 0.2) is 5.82 Å². The van der Waals surface area contributed by atoms with Crippen molar-refractivity contribution in [3.8, 4) is 0 Å². The number of aromatic amines is 1. The Balaban J connectivity index is 1.97. The molecule has 0 aromatic carbocycles. The van der Waals surface area contributed by atoms with Crippen molar-refractivity contribution in [1.82, 2.24) is 25.0 Å². The number of nitrogens with zero attached hydrogens (tertiary/aromatic N) is 4. The average molecular weight is 279 g/mol. The van der Waals surface area contributed by atoms with E-state index in [-0.39, 0.29) is 11.9 Å². The first-order valence-electron chi connectivity index (χ1n) is 6.99. The van der Waals surface area contributed by atoms with Gasteiger partial charge in [-0.15, -0.1) is 0 Å². The van der Waals surface area contributed by atoms with E-state index in [0.29, 0.717) is 12.2 Å². The molecule has 1 aliphatic heterocycles. The largest absolute Gasteiger partial charge is 0.326 e. The first kappa shape index (κ1) is 14.5. The van der Waals surface area contributed by atoms with E-state index in [0.717, 1.165) is 36.4 Å². The third-order valence-corrected chi connectivity index (χ3v) is 3.64. The summed E-state index contributed by atoms with van der Waals surface area (Å²) in [7, 11) is 3.13. The van der Waals surface area contributed by atoms with Gasteiger partial charge in [-0.25, -0.2) is 9.78 Å². The summed E-state index contributed by atoms with van der Waals surface area (Å²) in [6, 6.07) is -0.758. The van der Waals surface area contributed by atoms with Gasteiger partial charge < -0.3 is 4.90 Å². The number of hydrogen-bond acceptors (Lipinski definition) is 4. The quantitative estimate of drug-likeness (QED) is 0.621. The monoisotopic (exact) mass is 279 g/mol. The summed E-state index contributed by atoms with van der Waals surface area (Å²) >= 11 is 0. The number of rotatable bonds is 6. The van der Waals surface area contributed by atoms with Crippen LogP contribution in [0.2, 0.25) is 0 Å². The van der Waals surface area contributed by atoms with E-state index < -0.39 is 6.04 Å². The average Bonchev–Trinajstić information content (AvgIpc) is 2.95. The third-order valence-electron chi connectivity index (χ3n) is 3.64. The molecule has 3 amide bonds. The fourth-order valence-corrected chi connectivity index (χ4v) is 2.33. The van der Waals surface area contributed by atoms with Gasteiger partial charge in [-0.2, -0.15) is 5.10 Å². The zero-order valence-electron chi connectivity index (χ0n) is 12.2. The third kappa shape index (κ3) is 2.81. The topological polar surface area (TPSA) is 82.2 Å². The second kappa shape index (κ2) is 6.02. The highest BCUT2D eigenvalue weighted by Crippen LogP contribution is 2.16. The maximum absolute atomic E-state index is 11.9. The minimum absolute atomic E-state index is 0.193. The summed E-state index contributed by atoms with van der Waals surface area (Å²) in [5, 5.41) is 7.01. The normalized spacial score (nSPS) is 19.2. The van der Waals surface area contributed by atoms with Crippen molar-refractivity contribution in [3.63, 3.8) is 0 Å². The highest BCUT2D eigenvalue weighted by Gasteiger charge is 2.41. The van der Waals surface area contributed by atoms with Crippen LogP contribution in [0.5, 0.6) is 0 Å². The second-order valence-corrected chi connectivity index (χ2v) is 5.17. The SMILES string of the molecule is CCCCCc1n[nH]c(CC2C(=O)N(C)C(=O)N2C)n1. The lowest BCUT2D eigenvalue weighted by Gasteiger charge is -2.14. The van der Waals surface area contributed by atoms with Gasteiger partial charge in [0.25, 0.3) is 5.91 Å². The van der Waals surface area contributed by atoms with Crippen molar-refractivity contribution in [2.75, 3.05) is 14.1 Å². The highest BCUT2D eigenvalue weighted by atomic mass is 16.2. The number of unbranched alkanes of at least 4 members (excludes halogenated alkanes) is 2. The molecule has 110 valence electrons. The molecule has 1 fully saturated rings. The minimum atomic E-state index is -0.482. The number of imide groups is 1. The van der Waals surface area contributed by atoms with Crippen LogP contribution in [0, 0.1) is 0 Å². The molecule has 1 saturated heterocycles. The number of aromatic nitrogens is 3. The molecule has 20 heavy (non-hydrogen) atoms. The molecular formula is C13H21N5O2. The molecule has 1 aromatic rings. The molecule has 7 heteroatoms. The number of amides is 3. The number of likely N-dealkylation sites (N-methyl/N-ethyl adjacent to an activating group) is 2. The van der Waals surface area contributed by atoms with Crippen molar-refractivity contribution in [2.45, 2.75) is 45.1 Å². The van der Waals surface area contributed by atoms with E-state index in [1.807, 2.05) is 0 Å². The van der Waals surface area contributed by atoms with E-state index in [2.05, 4.69) is 22.1 Å². The van der Waals surface area contributed by atoms with Crippen LogP contribution < -0.4 is 0 Å². The summed E-state index contributed by atoms with van der Waals surface area (Å²) in [5.74, 6) is 1.24. The molecule has 2 heterocycles. The van der Waals surface area contributed by atoms with Crippen molar-refractivity contribution < 1.29 is 9.59 Å². The van der Waals surface area contributed by atoms with E-state index in [9.17, 15) is 9.59 Å². The van der Waals surface area contributed by atoms with Gasteiger partial charge in [0.2, 0.25) is 0 Å². The summed E-state index contributed by atoms with van der Waals surface area (Å²) in [5.41, 5.74) is 0. The van der Waals surface area contributed by atoms with E-state index >= 15 is 0 Å². The summed E-state index contributed by atoms with van der Waals surface area (Å²) in [6.45, 7) is 2.15. The molecule has 0 radical (unpaired) electrons. The smallest absolute Gasteiger partial charge is 0.315 e. The van der Waals surface area contributed by atoms with Gasteiger partial charge in [0.1, 0.15) is 11.9 Å². The molecule has 7 nitrogen and oxygen atoms in total. The standard InChI is InChI=1S/C13H21N5O2/c1-4-5-6-7-10-14-11(16-15-10)8-9-12(19)18(3)13(20)17(9)2/h9H,4-8H2,1-3H3,(H,14,15,16). The summed E-state index contributed by atoms with van der Waals surface area (Å²) in [4.78, 5) is 30.6. The number of carbonyl (C=O) groups excluding carboxylic acids is 2. The summed E-state index contributed by atoms with van der Waals surface area (Å²) < 4.78 is 0. The van der Waals surface area contributed by atoms with E-state index in [1.165, 1.54) is 11.9 Å². The van der Waals surface area contributed by atoms with Crippen LogP contribution in [0.15, 0.2) is 0 Å². The van der Waals surface area contributed by atoms with Crippen LogP contribution in [-0.2, 0) is 17.6 Å². The molecule has 1 aliphatic rings. The van der Waals surface area contributed by atoms with Crippen molar-refractivity contribution in [2.24, 2.45) is 0 Å². The number of urea groups is 1. The Morgan fingerprint density at radius 3 is 2.60 bits per heavy atom. The van der Waals surface area contributed by atoms with Gasteiger partial charge in [-0.3, -0.25) is 14.8 Å². The number of hydrogen-bond donors (Lipinski definition) is 1. The van der Waals surface area contributed by atoms with Crippen LogP contribution in [0.3, 0.4) is 0 Å². The first-order valence-corrected chi connectivity index (χ1v) is 6.99. The highest BCUT2D eigenvalue weighted by molar-refractivity contribution is 6.03. The summed E-state index contributed by atoms with van der Waals surface area (Å²) in [6.07, 6.45) is 4.61. The number of aryl methyl sites for hydroxylation is 1. The Kier molecular flexibility index (Phi) is 4.36. The number of H-pyrrole nitrogens is 1. The molecule has 1 aromatic heterocycles. The Bertz CT molecular complexity index is 499. The predicted octanol–water partition coefficient (Wildman–Crippen LogP) is 0.972. The maximum atomic E-state index is 11.9. The molecule has 1 unspecified atom stereocenters. The van der Waals surface area contributed by atoms with E-state index in [1.54, 1.807) is 7.05 Å². The van der Waals surface area contributed by atoms with Crippen molar-refractivity contribution in [1.29, 1.82) is 0 Å². The molecule has 0 aliphatic carbocycles. The van der Waals surface area contributed by atoms with Crippen LogP contribution in [0.1, 0.15) is 37.8 Å². The molecule has 0 bridgehead atoms. The molecule has 2 rings (SSSR count). The Morgan fingerprint density at radius 2 is 2.00 bits per heavy atom. The zero-order valence-corrected chi connectivity index (χ0v) is 12.2. The molecule has 1 N–H and O–H groups in total. The molecule has 1 atom stereocenters. The maximum Gasteiger partial charge on any atom is 0.326 e. The molecule has 0 spiro atoms. The van der Waals surface area contributed by atoms with Gasteiger partial charge in [0, 0.05) is 26.9 Å². The lowest BCUT2D eigenvalue weighted by Crippen LogP contribution is -2.33. The van der Waals surface area contributed by atoms with Crippen LogP contribution in [0.25, 0.3) is 0 Å². The van der Waals surface area contributed by atoms with Gasteiger partial charge >= 0.3 is 6.03 Å². The minimum Gasteiger partial charge on any atom is -0.315 e. The lowest BCUT2D eigenvalue weighted by molar-refractivity contribution is -0.127. The second-order valence-electron chi connectivity index (χ2n) is 5.17. The Morgan fingerprint density at radius 1 is 1.25 bits per heavy atom. The zero-order chi connectivity index (χ0) is 14.7. The van der Waals surface area contributed by atoms with Gasteiger partial charge in [-0.1, -0.05) is 19.8 Å². The van der Waals surface area contributed by atoms with Crippen LogP contribution in [-0.4, -0.2) is 57.1 Å². The van der Waals surface area contributed by atoms with E-state index in [4.69, 9.17) is 0 Å². The van der Waals surface area contributed by atoms with Gasteiger partial charge in [-0.05, 0) is 6.42 Å². The van der Waals surface area contributed by atoms with Crippen LogP contribution in [0.4, 0.5) is 4.79 Å². The Hall–Kier alpha value is -1.92. The molecule has 0 saturated carbocycles. The number of nitrogens with one attached hydrogen (secondary N) is 1. The Labute approximate surface area is 118 Å². The lowest BCUT2D eigenvalue weighted by atomic mass is 10.2. The fourth-order valence-electron chi connectivity index (χ4n) is 2.33. The number of carbonyl (C=O) groups is 2. The molecular weight excluding hydrogens is 258 g/mol.